The van der Waals surface area contributed by atoms with Crippen molar-refractivity contribution >= 4 is 48.6 Å². The molecule has 0 nitrogen and oxygen atoms in total. The minimum atomic E-state index is -2.67. The summed E-state index contributed by atoms with van der Waals surface area (Å²) in [6.07, 6.45) is 8.24. The number of unbranched alkanes of at least 4 members (excludes halogenated alkanes) is 3. The van der Waals surface area contributed by atoms with Gasteiger partial charge >= 0.3 is 227 Å². The van der Waals surface area contributed by atoms with Gasteiger partial charge in [-0.05, 0) is 0 Å². The molecular weight excluding hydrogens is 563 g/mol. The first-order chi connectivity index (χ1) is 17.1. The summed E-state index contributed by atoms with van der Waals surface area (Å²) < 4.78 is 5.45. The van der Waals surface area contributed by atoms with Crippen LogP contribution in [0.2, 0.25) is 19.9 Å². The first-order valence-electron chi connectivity index (χ1n) is 13.9. The van der Waals surface area contributed by atoms with Crippen LogP contribution in [0, 0.1) is 0 Å². The maximum absolute atomic E-state index is 2.73. The Bertz CT molecular complexity index is 899. The van der Waals surface area contributed by atoms with E-state index in [-0.39, 0.29) is 0 Å². The van der Waals surface area contributed by atoms with E-state index in [2.05, 4.69) is 130 Å². The van der Waals surface area contributed by atoms with Gasteiger partial charge in [0.15, 0.2) is 0 Å². The molecule has 1 atom stereocenters. The average molecular weight is 610 g/mol. The summed E-state index contributed by atoms with van der Waals surface area (Å²) in [4.78, 5) is 1.48. The fourth-order valence-corrected chi connectivity index (χ4v) is 48.2. The molecule has 0 amide bonds. The van der Waals surface area contributed by atoms with Gasteiger partial charge in [-0.3, -0.25) is 0 Å². The second-order valence-corrected chi connectivity index (χ2v) is 32.7. The van der Waals surface area contributed by atoms with Crippen LogP contribution in [0.3, 0.4) is 0 Å². The van der Waals surface area contributed by atoms with Crippen molar-refractivity contribution in [3.8, 4) is 0 Å². The van der Waals surface area contributed by atoms with Crippen LogP contribution < -0.4 is 10.4 Å². The van der Waals surface area contributed by atoms with Crippen LogP contribution in [0.5, 0.6) is 0 Å². The van der Waals surface area contributed by atoms with Gasteiger partial charge in [0.2, 0.25) is 0 Å². The van der Waals surface area contributed by atoms with Crippen molar-refractivity contribution in [3.05, 3.63) is 91.0 Å². The Morgan fingerprint density at radius 2 is 0.971 bits per heavy atom. The molecule has 3 aromatic carbocycles. The summed E-state index contributed by atoms with van der Waals surface area (Å²) in [6.45, 7) is 9.94. The zero-order chi connectivity index (χ0) is 25.0. The van der Waals surface area contributed by atoms with Gasteiger partial charge in [-0.25, -0.2) is 0 Å². The molecule has 3 heteroatoms. The zero-order valence-electron chi connectivity index (χ0n) is 22.5. The Labute approximate surface area is 225 Å². The molecule has 0 fully saturated rings. The molecule has 0 radical (unpaired) electrons. The van der Waals surface area contributed by atoms with E-state index < -0.39 is 26.5 Å². The molecule has 0 spiro atoms. The van der Waals surface area contributed by atoms with Crippen molar-refractivity contribution in [1.29, 1.82) is 0 Å². The van der Waals surface area contributed by atoms with Crippen molar-refractivity contribution < 1.29 is 0 Å². The molecule has 0 aliphatic heterocycles. The van der Waals surface area contributed by atoms with Crippen LogP contribution in [-0.4, -0.2) is 29.3 Å². The van der Waals surface area contributed by atoms with Crippen LogP contribution in [0.1, 0.15) is 59.3 Å². The first-order valence-corrected chi connectivity index (χ1v) is 25.1. The average Bonchev–Trinajstić information content (AvgIpc) is 2.93. The van der Waals surface area contributed by atoms with Crippen molar-refractivity contribution in [2.24, 2.45) is 0 Å². The summed E-state index contributed by atoms with van der Waals surface area (Å²) in [5.74, 6) is 0. The standard InChI is InChI=1S/C20H19SSi.3C4H9.Sn/c1-22(19-13-7-3-8-14-19,20-15-9-4-10-16-20)17-21-18-11-5-2-6-12-18;3*1-3-4-2;/h2-17H,1H3;3*1,3-4H2,2H3;. The third-order valence-corrected chi connectivity index (χ3v) is 42.7. The van der Waals surface area contributed by atoms with Gasteiger partial charge in [-0.2, -0.15) is 0 Å². The van der Waals surface area contributed by atoms with E-state index in [1.807, 2.05) is 0 Å². The van der Waals surface area contributed by atoms with Crippen molar-refractivity contribution in [1.82, 2.24) is 0 Å². The topological polar surface area (TPSA) is 0 Å². The second kappa shape index (κ2) is 14.7. The number of hydrogen-bond donors (Lipinski definition) is 0. The second-order valence-electron chi connectivity index (χ2n) is 10.4. The molecule has 0 heterocycles. The number of rotatable bonds is 15. The van der Waals surface area contributed by atoms with Gasteiger partial charge in [0, 0.05) is 0 Å². The summed E-state index contributed by atoms with van der Waals surface area (Å²) in [5, 5.41) is 3.26. The third-order valence-electron chi connectivity index (χ3n) is 7.91. The van der Waals surface area contributed by atoms with Gasteiger partial charge in [-0.15, -0.1) is 0 Å². The third kappa shape index (κ3) is 7.29. The van der Waals surface area contributed by atoms with Gasteiger partial charge in [0.25, 0.3) is 0 Å². The van der Waals surface area contributed by atoms with E-state index in [1.165, 1.54) is 43.4 Å². The normalized spacial score (nSPS) is 13.0. The zero-order valence-corrected chi connectivity index (χ0v) is 27.2. The number of thioether (sulfide) groups is 1. The Kier molecular flexibility index (Phi) is 12.0. The van der Waals surface area contributed by atoms with Crippen LogP contribution in [-0.2, 0) is 0 Å². The molecule has 0 aliphatic carbocycles. The molecule has 0 N–H and O–H groups in total. The van der Waals surface area contributed by atoms with Gasteiger partial charge in [0.05, 0.1) is 0 Å². The SMILES string of the molecule is CCC[CH2][Sn]([CH2]CCC)([CH2]CCC)[CH](Sc1ccccc1)[Si](C)(c1ccccc1)c1ccccc1. The molecule has 1 unspecified atom stereocenters. The molecule has 3 aromatic rings. The molecule has 3 rings (SSSR count). The summed E-state index contributed by atoms with van der Waals surface area (Å²) >= 11 is -0.367. The predicted molar refractivity (Wildman–Crippen MR) is 165 cm³/mol. The van der Waals surface area contributed by atoms with E-state index in [0.29, 0.717) is 0 Å². The van der Waals surface area contributed by atoms with E-state index in [0.717, 1.165) is 2.89 Å². The molecule has 188 valence electrons. The number of hydrogen-bond acceptors (Lipinski definition) is 1. The molecule has 0 saturated heterocycles. The Hall–Kier alpha value is -0.974. The minimum absolute atomic E-state index is 0.786. The van der Waals surface area contributed by atoms with Crippen molar-refractivity contribution in [2.75, 3.05) is 0 Å². The Balaban J connectivity index is 2.28. The molecule has 0 aromatic heterocycles. The molecule has 0 bridgehead atoms. The van der Waals surface area contributed by atoms with Gasteiger partial charge in [-0.1, -0.05) is 0 Å². The van der Waals surface area contributed by atoms with Crippen LogP contribution in [0.4, 0.5) is 0 Å². The first kappa shape index (κ1) is 28.6. The monoisotopic (exact) mass is 610 g/mol. The van der Waals surface area contributed by atoms with Crippen LogP contribution >= 0.6 is 11.8 Å². The maximum atomic E-state index is 2.73. The Morgan fingerprint density at radius 3 is 1.34 bits per heavy atom. The van der Waals surface area contributed by atoms with E-state index in [1.54, 1.807) is 23.7 Å². The molecule has 35 heavy (non-hydrogen) atoms. The fraction of sp³-hybridized carbons (Fsp3) is 0.438. The van der Waals surface area contributed by atoms with Gasteiger partial charge in [0.1, 0.15) is 0 Å². The quantitative estimate of drug-likeness (QED) is 0.122. The molecular formula is C32H46SSiSn. The fourth-order valence-electron chi connectivity index (χ4n) is 5.88. The van der Waals surface area contributed by atoms with Crippen LogP contribution in [0.15, 0.2) is 95.9 Å². The molecule has 0 saturated carbocycles. The summed E-state index contributed by atoms with van der Waals surface area (Å²) in [5.41, 5.74) is 0. The van der Waals surface area contributed by atoms with Gasteiger partial charge < -0.3 is 0 Å². The van der Waals surface area contributed by atoms with Crippen molar-refractivity contribution in [2.45, 2.75) is 86.9 Å². The van der Waals surface area contributed by atoms with Crippen LogP contribution in [0.25, 0.3) is 0 Å². The van der Waals surface area contributed by atoms with Crippen molar-refractivity contribution in [3.63, 3.8) is 0 Å². The predicted octanol–water partition coefficient (Wildman–Crippen LogP) is 8.97. The Morgan fingerprint density at radius 1 is 0.600 bits per heavy atom. The number of benzene rings is 3. The van der Waals surface area contributed by atoms with E-state index in [9.17, 15) is 0 Å². The molecule has 0 aliphatic rings. The summed E-state index contributed by atoms with van der Waals surface area (Å²) in [7, 11) is -2.04. The van der Waals surface area contributed by atoms with E-state index >= 15 is 0 Å². The van der Waals surface area contributed by atoms with E-state index in [4.69, 9.17) is 0 Å². The summed E-state index contributed by atoms with van der Waals surface area (Å²) in [6, 6.07) is 34.8.